The first-order valence-electron chi connectivity index (χ1n) is 11.5. The van der Waals surface area contributed by atoms with Crippen LogP contribution in [0.25, 0.3) is 0 Å². The lowest BCUT2D eigenvalue weighted by molar-refractivity contribution is 0.174. The highest BCUT2D eigenvalue weighted by Crippen LogP contribution is 2.32. The molecule has 0 aromatic heterocycles. The van der Waals surface area contributed by atoms with Gasteiger partial charge in [-0.15, -0.1) is 0 Å². The largest absolute Gasteiger partial charge is 0.506 e. The number of sulfonamides is 1. The third kappa shape index (κ3) is 6.90. The summed E-state index contributed by atoms with van der Waals surface area (Å²) in [5.74, 6) is 1.41. The van der Waals surface area contributed by atoms with E-state index in [0.717, 1.165) is 40.0 Å². The minimum Gasteiger partial charge on any atom is -0.506 e. The lowest BCUT2D eigenvalue weighted by atomic mass is 9.89. The molecule has 0 unspecified atom stereocenters. The number of hydrogen-bond acceptors (Lipinski definition) is 7. The van der Waals surface area contributed by atoms with E-state index in [1.807, 2.05) is 38.1 Å². The van der Waals surface area contributed by atoms with Gasteiger partial charge in [0.05, 0.1) is 32.3 Å². The van der Waals surface area contributed by atoms with Crippen LogP contribution in [-0.4, -0.2) is 52.2 Å². The molecule has 0 radical (unpaired) electrons. The molecular weight excluding hydrogens is 480 g/mol. The summed E-state index contributed by atoms with van der Waals surface area (Å²) in [5.41, 5.74) is 4.76. The quantitative estimate of drug-likeness (QED) is 0.287. The molecule has 0 bridgehead atoms. The van der Waals surface area contributed by atoms with Crippen LogP contribution in [0.2, 0.25) is 0 Å². The second kappa shape index (κ2) is 11.6. The Morgan fingerprint density at radius 2 is 1.36 bits per heavy atom. The van der Waals surface area contributed by atoms with Crippen molar-refractivity contribution in [2.75, 3.05) is 38.3 Å². The van der Waals surface area contributed by atoms with E-state index in [9.17, 15) is 18.6 Å². The summed E-state index contributed by atoms with van der Waals surface area (Å²) in [5, 5.41) is 24.1. The van der Waals surface area contributed by atoms with E-state index in [0.29, 0.717) is 12.1 Å². The normalized spacial score (nSPS) is 12.4. The number of aliphatic hydroxyl groups is 1. The summed E-state index contributed by atoms with van der Waals surface area (Å²) in [6, 6.07) is 16.5. The van der Waals surface area contributed by atoms with Crippen molar-refractivity contribution in [3.8, 4) is 17.2 Å². The van der Waals surface area contributed by atoms with Crippen LogP contribution >= 0.6 is 0 Å². The average molecular weight is 515 g/mol. The maximum atomic E-state index is 11.6. The third-order valence-corrected chi connectivity index (χ3v) is 6.62. The monoisotopic (exact) mass is 514 g/mol. The number of ether oxygens (including phenoxy) is 2. The van der Waals surface area contributed by atoms with Crippen molar-refractivity contribution < 1.29 is 28.1 Å². The van der Waals surface area contributed by atoms with E-state index in [2.05, 4.69) is 22.2 Å². The van der Waals surface area contributed by atoms with Gasteiger partial charge >= 0.3 is 0 Å². The molecule has 9 heteroatoms. The molecular formula is C27H34N2O6S. The summed E-state index contributed by atoms with van der Waals surface area (Å²) in [7, 11) is -0.277. The predicted molar refractivity (Wildman–Crippen MR) is 142 cm³/mol. The van der Waals surface area contributed by atoms with Gasteiger partial charge in [-0.3, -0.25) is 4.72 Å². The van der Waals surface area contributed by atoms with Crippen LogP contribution in [0.5, 0.6) is 17.2 Å². The Morgan fingerprint density at radius 1 is 0.833 bits per heavy atom. The Balaban J connectivity index is 1.81. The Morgan fingerprint density at radius 3 is 1.83 bits per heavy atom. The van der Waals surface area contributed by atoms with Gasteiger partial charge in [-0.05, 0) is 65.9 Å². The van der Waals surface area contributed by atoms with Gasteiger partial charge in [0.25, 0.3) is 0 Å². The molecule has 0 fully saturated rings. The first-order chi connectivity index (χ1) is 17.0. The predicted octanol–water partition coefficient (Wildman–Crippen LogP) is 3.85. The highest BCUT2D eigenvalue weighted by Gasteiger charge is 2.18. The number of rotatable bonds is 11. The van der Waals surface area contributed by atoms with E-state index in [-0.39, 0.29) is 23.9 Å². The molecule has 194 valence electrons. The van der Waals surface area contributed by atoms with Crippen LogP contribution in [0.1, 0.15) is 39.8 Å². The lowest BCUT2D eigenvalue weighted by Gasteiger charge is -2.22. The lowest BCUT2D eigenvalue weighted by Crippen LogP contribution is -2.27. The van der Waals surface area contributed by atoms with Crippen molar-refractivity contribution in [2.24, 2.45) is 0 Å². The summed E-state index contributed by atoms with van der Waals surface area (Å²) >= 11 is 0. The second-order valence-corrected chi connectivity index (χ2v) is 10.6. The molecule has 1 atom stereocenters. The van der Waals surface area contributed by atoms with E-state index < -0.39 is 16.1 Å². The Hall–Kier alpha value is -3.27. The zero-order chi connectivity index (χ0) is 26.5. The van der Waals surface area contributed by atoms with Crippen molar-refractivity contribution in [3.63, 3.8) is 0 Å². The minimum absolute atomic E-state index is 0.00584. The maximum Gasteiger partial charge on any atom is 0.229 e. The number of phenolic OH excluding ortho intramolecular Hbond substituents is 1. The molecule has 0 saturated carbocycles. The fourth-order valence-electron chi connectivity index (χ4n) is 4.19. The van der Waals surface area contributed by atoms with Crippen LogP contribution in [0.15, 0.2) is 54.6 Å². The number of nitrogens with one attached hydrogen (secondary N) is 2. The van der Waals surface area contributed by atoms with E-state index in [1.54, 1.807) is 20.3 Å². The molecule has 8 nitrogen and oxygen atoms in total. The van der Waals surface area contributed by atoms with Gasteiger partial charge in [0.1, 0.15) is 17.2 Å². The smallest absolute Gasteiger partial charge is 0.229 e. The minimum atomic E-state index is -3.57. The number of aliphatic hydroxyl groups excluding tert-OH is 1. The Labute approximate surface area is 213 Å². The SMILES string of the molecule is COc1ccc(C(CNC[C@H](O)c2ccc(O)c(NS(C)(=O)=O)c2)c2ccc(OC)c(C)c2)cc1C. The van der Waals surface area contributed by atoms with Gasteiger partial charge in [0.15, 0.2) is 0 Å². The fourth-order valence-corrected chi connectivity index (χ4v) is 4.75. The average Bonchev–Trinajstić information content (AvgIpc) is 2.82. The van der Waals surface area contributed by atoms with Crippen LogP contribution < -0.4 is 19.5 Å². The number of aromatic hydroxyl groups is 1. The Bertz CT molecular complexity index is 1260. The van der Waals surface area contributed by atoms with Gasteiger partial charge in [0.2, 0.25) is 10.0 Å². The van der Waals surface area contributed by atoms with E-state index in [1.165, 1.54) is 12.1 Å². The number of aryl methyl sites for hydroxylation is 2. The zero-order valence-corrected chi connectivity index (χ0v) is 22.0. The zero-order valence-electron chi connectivity index (χ0n) is 21.2. The van der Waals surface area contributed by atoms with Crippen LogP contribution in [-0.2, 0) is 10.0 Å². The van der Waals surface area contributed by atoms with Gasteiger partial charge < -0.3 is 25.0 Å². The molecule has 0 aliphatic carbocycles. The summed E-state index contributed by atoms with van der Waals surface area (Å²) < 4.78 is 36.2. The molecule has 36 heavy (non-hydrogen) atoms. The molecule has 3 aromatic carbocycles. The van der Waals surface area contributed by atoms with Crippen LogP contribution in [0, 0.1) is 13.8 Å². The topological polar surface area (TPSA) is 117 Å². The number of anilines is 1. The first-order valence-corrected chi connectivity index (χ1v) is 13.4. The number of hydrogen-bond donors (Lipinski definition) is 4. The molecule has 0 spiro atoms. The molecule has 0 heterocycles. The summed E-state index contributed by atoms with van der Waals surface area (Å²) in [6.07, 6.45) is 0.0838. The number of methoxy groups -OCH3 is 2. The van der Waals surface area contributed by atoms with Crippen molar-refractivity contribution >= 4 is 15.7 Å². The van der Waals surface area contributed by atoms with Gasteiger partial charge in [-0.2, -0.15) is 0 Å². The molecule has 4 N–H and O–H groups in total. The highest BCUT2D eigenvalue weighted by atomic mass is 32.2. The number of benzene rings is 3. The van der Waals surface area contributed by atoms with Crippen molar-refractivity contribution in [1.82, 2.24) is 5.32 Å². The van der Waals surface area contributed by atoms with Crippen molar-refractivity contribution in [2.45, 2.75) is 25.9 Å². The van der Waals surface area contributed by atoms with Crippen LogP contribution in [0.4, 0.5) is 5.69 Å². The van der Waals surface area contributed by atoms with Crippen molar-refractivity contribution in [3.05, 3.63) is 82.4 Å². The molecule has 0 amide bonds. The van der Waals surface area contributed by atoms with Crippen LogP contribution in [0.3, 0.4) is 0 Å². The van der Waals surface area contributed by atoms with Gasteiger partial charge in [-0.25, -0.2) is 8.42 Å². The Kier molecular flexibility index (Phi) is 8.84. The molecule has 0 aliphatic rings. The summed E-state index contributed by atoms with van der Waals surface area (Å²) in [6.45, 7) is 4.77. The summed E-state index contributed by atoms with van der Waals surface area (Å²) in [4.78, 5) is 0. The molecule has 3 rings (SSSR count). The first kappa shape index (κ1) is 27.3. The highest BCUT2D eigenvalue weighted by molar-refractivity contribution is 7.92. The molecule has 0 aliphatic heterocycles. The van der Waals surface area contributed by atoms with Crippen molar-refractivity contribution in [1.29, 1.82) is 0 Å². The third-order valence-electron chi connectivity index (χ3n) is 6.03. The van der Waals surface area contributed by atoms with Gasteiger partial charge in [0, 0.05) is 19.0 Å². The molecule has 0 saturated heterocycles. The van der Waals surface area contributed by atoms with Gasteiger partial charge in [-0.1, -0.05) is 30.3 Å². The van der Waals surface area contributed by atoms with E-state index >= 15 is 0 Å². The second-order valence-electron chi connectivity index (χ2n) is 8.84. The number of phenols is 1. The molecule has 3 aromatic rings. The fraction of sp³-hybridized carbons (Fsp3) is 0.333. The maximum absolute atomic E-state index is 11.6. The van der Waals surface area contributed by atoms with E-state index in [4.69, 9.17) is 9.47 Å². The standard InChI is InChI=1S/C27H34N2O6S/c1-17-12-19(7-10-26(17)34-3)22(20-8-11-27(35-4)18(2)13-20)15-28-16-25(31)21-6-9-24(30)23(14-21)29-36(5,32)33/h6-14,22,25,28-31H,15-16H2,1-5H3/t25-/m0/s1.